The maximum Gasteiger partial charge on any atom is 0.406 e. The molecule has 7 heteroatoms. The van der Waals surface area contributed by atoms with Gasteiger partial charge in [0.05, 0.1) is 0 Å². The van der Waals surface area contributed by atoms with E-state index in [-0.39, 0.29) is 11.9 Å². The zero-order valence-corrected chi connectivity index (χ0v) is 8.10. The highest BCUT2D eigenvalue weighted by molar-refractivity contribution is 5.52. The molecule has 1 atom stereocenters. The number of aryl methyl sites for hydroxylation is 1. The summed E-state index contributed by atoms with van der Waals surface area (Å²) < 4.78 is 1.56. The van der Waals surface area contributed by atoms with Gasteiger partial charge in [-0.1, -0.05) is 0 Å². The average molecular weight is 199 g/mol. The Morgan fingerprint density at radius 3 is 3.00 bits per heavy atom. The third-order valence-electron chi connectivity index (χ3n) is 1.83. The Bertz CT molecular complexity index is 335. The number of imidazole rings is 1. The highest BCUT2D eigenvalue weighted by Gasteiger charge is 2.20. The molecule has 0 aliphatic carbocycles. The number of anilines is 1. The second-order valence-corrected chi connectivity index (χ2v) is 3.07. The van der Waals surface area contributed by atoms with Crippen LogP contribution in [0, 0.1) is 10.1 Å². The van der Waals surface area contributed by atoms with Crippen LogP contribution in [0.3, 0.4) is 0 Å². The zero-order chi connectivity index (χ0) is 10.7. The first-order chi connectivity index (χ1) is 6.56. The summed E-state index contributed by atoms with van der Waals surface area (Å²) in [4.78, 5) is 13.7. The molecule has 0 aromatic carbocycles. The number of rotatable bonds is 4. The standard InChI is InChI=1S/C7H13N5O2/c1-5(3-8)10-7-6(12(13)14)9-4-11(7)2/h4-5,10H,3,8H2,1-2H3. The van der Waals surface area contributed by atoms with Crippen LogP contribution in [0.5, 0.6) is 0 Å². The fourth-order valence-electron chi connectivity index (χ4n) is 1.01. The number of hydrogen-bond donors (Lipinski definition) is 2. The fourth-order valence-corrected chi connectivity index (χ4v) is 1.01. The maximum absolute atomic E-state index is 10.6. The first-order valence-corrected chi connectivity index (χ1v) is 4.18. The summed E-state index contributed by atoms with van der Waals surface area (Å²) in [5.74, 6) is 0.209. The van der Waals surface area contributed by atoms with Gasteiger partial charge in [0, 0.05) is 19.6 Å². The summed E-state index contributed by atoms with van der Waals surface area (Å²) >= 11 is 0. The Hall–Kier alpha value is -1.63. The first kappa shape index (κ1) is 10.5. The van der Waals surface area contributed by atoms with Crippen molar-refractivity contribution in [2.45, 2.75) is 13.0 Å². The summed E-state index contributed by atoms with van der Waals surface area (Å²) in [6, 6.07) is -0.0240. The molecule has 3 N–H and O–H groups in total. The van der Waals surface area contributed by atoms with E-state index in [0.717, 1.165) is 0 Å². The van der Waals surface area contributed by atoms with Crippen LogP contribution in [0.4, 0.5) is 11.6 Å². The molecule has 1 rings (SSSR count). The number of nitrogens with two attached hydrogens (primary N) is 1. The van der Waals surface area contributed by atoms with E-state index in [1.165, 1.54) is 6.33 Å². The van der Waals surface area contributed by atoms with Crippen LogP contribution in [0.2, 0.25) is 0 Å². The number of aromatic nitrogens is 2. The quantitative estimate of drug-likeness (QED) is 0.528. The summed E-state index contributed by atoms with van der Waals surface area (Å²) in [5.41, 5.74) is 5.40. The van der Waals surface area contributed by atoms with Gasteiger partial charge >= 0.3 is 5.82 Å². The van der Waals surface area contributed by atoms with E-state index >= 15 is 0 Å². The summed E-state index contributed by atoms with van der Waals surface area (Å²) in [6.45, 7) is 2.25. The SMILES string of the molecule is CC(CN)Nc1c([N+](=O)[O-])ncn1C. The van der Waals surface area contributed by atoms with E-state index in [1.807, 2.05) is 6.92 Å². The smallest absolute Gasteiger partial charge is 0.361 e. The van der Waals surface area contributed by atoms with E-state index in [0.29, 0.717) is 12.4 Å². The van der Waals surface area contributed by atoms with Gasteiger partial charge in [-0.15, -0.1) is 0 Å². The lowest BCUT2D eigenvalue weighted by molar-refractivity contribution is -0.388. The predicted molar refractivity (Wildman–Crippen MR) is 52.0 cm³/mol. The lowest BCUT2D eigenvalue weighted by Gasteiger charge is -2.11. The molecule has 0 aliphatic heterocycles. The van der Waals surface area contributed by atoms with Crippen LogP contribution in [0.15, 0.2) is 6.33 Å². The molecule has 7 nitrogen and oxygen atoms in total. The van der Waals surface area contributed by atoms with Crippen LogP contribution in [-0.2, 0) is 7.05 Å². The number of hydrogen-bond acceptors (Lipinski definition) is 5. The van der Waals surface area contributed by atoms with Crippen LogP contribution in [-0.4, -0.2) is 27.1 Å². The Labute approximate surface area is 81.1 Å². The normalized spacial score (nSPS) is 12.5. The van der Waals surface area contributed by atoms with Gasteiger partial charge in [-0.05, 0) is 16.8 Å². The van der Waals surface area contributed by atoms with Crippen LogP contribution in [0.1, 0.15) is 6.92 Å². The Balaban J connectivity index is 2.93. The maximum atomic E-state index is 10.6. The summed E-state index contributed by atoms with van der Waals surface area (Å²) in [5, 5.41) is 13.5. The van der Waals surface area contributed by atoms with Crippen LogP contribution in [0.25, 0.3) is 0 Å². The molecule has 14 heavy (non-hydrogen) atoms. The molecule has 1 unspecified atom stereocenters. The van der Waals surface area contributed by atoms with E-state index < -0.39 is 4.92 Å². The highest BCUT2D eigenvalue weighted by Crippen LogP contribution is 2.21. The van der Waals surface area contributed by atoms with Gasteiger partial charge in [-0.2, -0.15) is 0 Å². The average Bonchev–Trinajstić information content (AvgIpc) is 2.48. The molecule has 1 aromatic heterocycles. The van der Waals surface area contributed by atoms with Gasteiger partial charge in [-0.25, -0.2) is 0 Å². The van der Waals surface area contributed by atoms with Crippen molar-refractivity contribution in [1.82, 2.24) is 9.55 Å². The third-order valence-corrected chi connectivity index (χ3v) is 1.83. The highest BCUT2D eigenvalue weighted by atomic mass is 16.6. The molecular formula is C7H13N5O2. The zero-order valence-electron chi connectivity index (χ0n) is 8.10. The Kier molecular flexibility index (Phi) is 3.03. The monoisotopic (exact) mass is 199 g/mol. The molecule has 0 aliphatic rings. The molecule has 0 bridgehead atoms. The minimum absolute atomic E-state index is 0.0240. The molecule has 1 aromatic rings. The molecule has 0 amide bonds. The first-order valence-electron chi connectivity index (χ1n) is 4.18. The van der Waals surface area contributed by atoms with Gasteiger partial charge in [0.15, 0.2) is 0 Å². The molecule has 1 heterocycles. The minimum atomic E-state index is -0.522. The van der Waals surface area contributed by atoms with Gasteiger partial charge < -0.3 is 21.2 Å². The molecule has 0 spiro atoms. The second kappa shape index (κ2) is 4.05. The van der Waals surface area contributed by atoms with Crippen molar-refractivity contribution < 1.29 is 4.92 Å². The number of nitro groups is 1. The molecule has 78 valence electrons. The largest absolute Gasteiger partial charge is 0.406 e. The Morgan fingerprint density at radius 1 is 1.86 bits per heavy atom. The van der Waals surface area contributed by atoms with Crippen molar-refractivity contribution in [2.75, 3.05) is 11.9 Å². The predicted octanol–water partition coefficient (Wildman–Crippen LogP) is 0.0874. The van der Waals surface area contributed by atoms with Crippen LogP contribution >= 0.6 is 0 Å². The van der Waals surface area contributed by atoms with E-state index in [4.69, 9.17) is 5.73 Å². The Morgan fingerprint density at radius 2 is 2.50 bits per heavy atom. The van der Waals surface area contributed by atoms with Crippen molar-refractivity contribution >= 4 is 11.6 Å². The lowest BCUT2D eigenvalue weighted by atomic mass is 10.3. The summed E-state index contributed by atoms with van der Waals surface area (Å²) in [6.07, 6.45) is 1.39. The molecule has 0 radical (unpaired) electrons. The summed E-state index contributed by atoms with van der Waals surface area (Å²) in [7, 11) is 1.69. The number of nitrogens with one attached hydrogen (secondary N) is 1. The van der Waals surface area contributed by atoms with E-state index in [2.05, 4.69) is 10.3 Å². The lowest BCUT2D eigenvalue weighted by Crippen LogP contribution is -2.26. The fraction of sp³-hybridized carbons (Fsp3) is 0.571. The van der Waals surface area contributed by atoms with Crippen molar-refractivity contribution in [3.05, 3.63) is 16.4 Å². The van der Waals surface area contributed by atoms with E-state index in [9.17, 15) is 10.1 Å². The van der Waals surface area contributed by atoms with Crippen molar-refractivity contribution in [2.24, 2.45) is 12.8 Å². The third kappa shape index (κ3) is 1.99. The van der Waals surface area contributed by atoms with Crippen molar-refractivity contribution in [1.29, 1.82) is 0 Å². The van der Waals surface area contributed by atoms with E-state index in [1.54, 1.807) is 11.6 Å². The molecule has 0 fully saturated rings. The molecule has 0 saturated heterocycles. The topological polar surface area (TPSA) is 99.0 Å². The van der Waals surface area contributed by atoms with Gasteiger partial charge in [0.2, 0.25) is 12.1 Å². The molecular weight excluding hydrogens is 186 g/mol. The van der Waals surface area contributed by atoms with Gasteiger partial charge in [-0.3, -0.25) is 4.57 Å². The van der Waals surface area contributed by atoms with Crippen molar-refractivity contribution in [3.8, 4) is 0 Å². The molecule has 0 saturated carbocycles. The van der Waals surface area contributed by atoms with Crippen LogP contribution < -0.4 is 11.1 Å². The minimum Gasteiger partial charge on any atom is -0.361 e. The second-order valence-electron chi connectivity index (χ2n) is 3.07. The van der Waals surface area contributed by atoms with Crippen molar-refractivity contribution in [3.63, 3.8) is 0 Å². The number of nitrogens with zero attached hydrogens (tertiary/aromatic N) is 3. The van der Waals surface area contributed by atoms with Gasteiger partial charge in [0.1, 0.15) is 0 Å². The van der Waals surface area contributed by atoms with Gasteiger partial charge in [0.25, 0.3) is 0 Å².